The number of carbonyl (C=O) groups excluding carboxylic acids is 2. The number of hydrogen-bond acceptors (Lipinski definition) is 4. The standard InChI is InChI=1S/C27H32BrClN4O2/c1-18(34)31-8-6-19(7-9-31)14-25(35)32-10-12-33(13-11-32)27-24-5-4-23(29)16-20(24)2-3-21-15-22(28)17-30-26(21)27/h4-5,15-17,19,27H,2-3,6-14H2,1H3/t27-/m1/s1. The third kappa shape index (κ3) is 5.42. The summed E-state index contributed by atoms with van der Waals surface area (Å²) in [6.07, 6.45) is 6.21. The lowest BCUT2D eigenvalue weighted by Crippen LogP contribution is -2.50. The van der Waals surface area contributed by atoms with Crippen molar-refractivity contribution in [1.29, 1.82) is 0 Å². The Kier molecular flexibility index (Phi) is 7.47. The highest BCUT2D eigenvalue weighted by Crippen LogP contribution is 2.38. The van der Waals surface area contributed by atoms with Gasteiger partial charge in [-0.15, -0.1) is 0 Å². The molecule has 5 rings (SSSR count). The first-order valence-corrected chi connectivity index (χ1v) is 13.8. The van der Waals surface area contributed by atoms with E-state index in [1.165, 1.54) is 16.7 Å². The van der Waals surface area contributed by atoms with Gasteiger partial charge in [-0.05, 0) is 82.4 Å². The minimum atomic E-state index is 0.0704. The van der Waals surface area contributed by atoms with Gasteiger partial charge >= 0.3 is 0 Å². The van der Waals surface area contributed by atoms with E-state index >= 15 is 0 Å². The van der Waals surface area contributed by atoms with E-state index in [4.69, 9.17) is 16.6 Å². The summed E-state index contributed by atoms with van der Waals surface area (Å²) in [6, 6.07) is 8.50. The maximum atomic E-state index is 13.1. The molecule has 3 aliphatic rings. The van der Waals surface area contributed by atoms with Gasteiger partial charge in [0.1, 0.15) is 0 Å². The van der Waals surface area contributed by atoms with Crippen molar-refractivity contribution in [3.8, 4) is 0 Å². The minimum absolute atomic E-state index is 0.0704. The van der Waals surface area contributed by atoms with E-state index < -0.39 is 0 Å². The lowest BCUT2D eigenvalue weighted by atomic mass is 9.92. The van der Waals surface area contributed by atoms with Gasteiger partial charge in [0.05, 0.1) is 11.7 Å². The number of halogens is 2. The van der Waals surface area contributed by atoms with Gasteiger partial charge < -0.3 is 9.80 Å². The second kappa shape index (κ2) is 10.6. The Balaban J connectivity index is 1.28. The number of aromatic nitrogens is 1. The van der Waals surface area contributed by atoms with Gasteiger partial charge in [-0.1, -0.05) is 17.7 Å². The molecule has 0 unspecified atom stereocenters. The third-order valence-electron chi connectivity index (χ3n) is 7.85. The van der Waals surface area contributed by atoms with E-state index in [1.54, 1.807) is 6.92 Å². The summed E-state index contributed by atoms with van der Waals surface area (Å²) in [7, 11) is 0. The molecule has 0 bridgehead atoms. The van der Waals surface area contributed by atoms with Gasteiger partial charge in [0.2, 0.25) is 11.8 Å². The molecule has 2 fully saturated rings. The average Bonchev–Trinajstić information content (AvgIpc) is 3.00. The lowest BCUT2D eigenvalue weighted by molar-refractivity contribution is -0.135. The zero-order valence-electron chi connectivity index (χ0n) is 20.2. The average molecular weight is 560 g/mol. The van der Waals surface area contributed by atoms with Crippen LogP contribution in [0.1, 0.15) is 54.6 Å². The van der Waals surface area contributed by atoms with Crippen molar-refractivity contribution in [3.63, 3.8) is 0 Å². The Morgan fingerprint density at radius 2 is 1.71 bits per heavy atom. The molecule has 35 heavy (non-hydrogen) atoms. The molecule has 0 saturated carbocycles. The van der Waals surface area contributed by atoms with Crippen molar-refractivity contribution in [2.45, 2.75) is 45.1 Å². The van der Waals surface area contributed by atoms with Gasteiger partial charge in [0.25, 0.3) is 0 Å². The summed E-state index contributed by atoms with van der Waals surface area (Å²) in [6.45, 7) is 6.27. The van der Waals surface area contributed by atoms with E-state index in [1.807, 2.05) is 22.1 Å². The molecule has 1 aromatic heterocycles. The van der Waals surface area contributed by atoms with E-state index in [0.717, 1.165) is 80.1 Å². The summed E-state index contributed by atoms with van der Waals surface area (Å²) in [5, 5.41) is 0.771. The van der Waals surface area contributed by atoms with Crippen molar-refractivity contribution in [2.24, 2.45) is 5.92 Å². The molecule has 0 N–H and O–H groups in total. The highest BCUT2D eigenvalue weighted by molar-refractivity contribution is 9.10. The fourth-order valence-corrected chi connectivity index (χ4v) is 6.41. The van der Waals surface area contributed by atoms with Crippen molar-refractivity contribution in [1.82, 2.24) is 19.7 Å². The number of carbonyl (C=O) groups is 2. The number of aryl methyl sites for hydroxylation is 2. The van der Waals surface area contributed by atoms with Crippen LogP contribution < -0.4 is 0 Å². The van der Waals surface area contributed by atoms with E-state index in [2.05, 4.69) is 39.0 Å². The summed E-state index contributed by atoms with van der Waals surface area (Å²) in [4.78, 5) is 35.9. The molecule has 6 nitrogen and oxygen atoms in total. The second-order valence-corrected chi connectivity index (χ2v) is 11.4. The fraction of sp³-hybridized carbons (Fsp3) is 0.519. The molecule has 1 atom stereocenters. The Hall–Kier alpha value is -1.96. The maximum Gasteiger partial charge on any atom is 0.222 e. The largest absolute Gasteiger partial charge is 0.343 e. The van der Waals surface area contributed by atoms with Crippen LogP contribution in [0.25, 0.3) is 0 Å². The molecule has 2 aromatic rings. The molecule has 1 aliphatic carbocycles. The molecule has 2 saturated heterocycles. The number of piperazine rings is 1. The van der Waals surface area contributed by atoms with Crippen LogP contribution in [0.3, 0.4) is 0 Å². The highest BCUT2D eigenvalue weighted by atomic mass is 79.9. The molecule has 2 amide bonds. The Morgan fingerprint density at radius 3 is 2.43 bits per heavy atom. The SMILES string of the molecule is CC(=O)N1CCC(CC(=O)N2CCN([C@@H]3c4ccc(Cl)cc4CCc4cc(Br)cnc43)CC2)CC1. The number of piperidine rings is 1. The molecular formula is C27H32BrClN4O2. The number of amides is 2. The number of likely N-dealkylation sites (tertiary alicyclic amines) is 1. The normalized spacial score (nSPS) is 21.3. The second-order valence-electron chi connectivity index (χ2n) is 10.0. The zero-order chi connectivity index (χ0) is 24.5. The summed E-state index contributed by atoms with van der Waals surface area (Å²) < 4.78 is 1.00. The maximum absolute atomic E-state index is 13.1. The first-order chi connectivity index (χ1) is 16.9. The number of hydrogen-bond donors (Lipinski definition) is 0. The molecule has 186 valence electrons. The van der Waals surface area contributed by atoms with Crippen molar-refractivity contribution >= 4 is 39.3 Å². The quantitative estimate of drug-likeness (QED) is 0.557. The fourth-order valence-electron chi connectivity index (χ4n) is 5.84. The van der Waals surface area contributed by atoms with Crippen molar-refractivity contribution in [2.75, 3.05) is 39.3 Å². The van der Waals surface area contributed by atoms with Crippen LogP contribution in [-0.4, -0.2) is 70.8 Å². The predicted molar refractivity (Wildman–Crippen MR) is 140 cm³/mol. The molecule has 0 spiro atoms. The smallest absolute Gasteiger partial charge is 0.222 e. The van der Waals surface area contributed by atoms with Crippen LogP contribution in [0.15, 0.2) is 34.9 Å². The zero-order valence-corrected chi connectivity index (χ0v) is 22.5. The first kappa shape index (κ1) is 24.7. The summed E-state index contributed by atoms with van der Waals surface area (Å²) in [5.41, 5.74) is 4.95. The number of rotatable bonds is 3. The highest BCUT2D eigenvalue weighted by Gasteiger charge is 2.34. The van der Waals surface area contributed by atoms with Crippen LogP contribution in [0, 0.1) is 5.92 Å². The van der Waals surface area contributed by atoms with Crippen LogP contribution in [0.4, 0.5) is 0 Å². The van der Waals surface area contributed by atoms with Gasteiger partial charge in [-0.25, -0.2) is 0 Å². The van der Waals surface area contributed by atoms with Crippen LogP contribution in [0.2, 0.25) is 5.02 Å². The van der Waals surface area contributed by atoms with Gasteiger partial charge in [-0.2, -0.15) is 0 Å². The molecule has 0 radical (unpaired) electrons. The number of benzene rings is 1. The van der Waals surface area contributed by atoms with Crippen LogP contribution in [0.5, 0.6) is 0 Å². The van der Waals surface area contributed by atoms with Crippen LogP contribution in [-0.2, 0) is 22.4 Å². The van der Waals surface area contributed by atoms with Crippen molar-refractivity contribution < 1.29 is 9.59 Å². The number of nitrogens with zero attached hydrogens (tertiary/aromatic N) is 4. The molecule has 8 heteroatoms. The van der Waals surface area contributed by atoms with E-state index in [9.17, 15) is 9.59 Å². The van der Waals surface area contributed by atoms with E-state index in [0.29, 0.717) is 12.3 Å². The number of pyridine rings is 1. The summed E-state index contributed by atoms with van der Waals surface area (Å²) in [5.74, 6) is 0.766. The van der Waals surface area contributed by atoms with E-state index in [-0.39, 0.29) is 17.9 Å². The van der Waals surface area contributed by atoms with Crippen LogP contribution >= 0.6 is 27.5 Å². The Bertz CT molecular complexity index is 1060. The first-order valence-electron chi connectivity index (χ1n) is 12.6. The van der Waals surface area contributed by atoms with Crippen molar-refractivity contribution in [3.05, 3.63) is 62.3 Å². The lowest BCUT2D eigenvalue weighted by Gasteiger charge is -2.40. The van der Waals surface area contributed by atoms with Gasteiger partial charge in [0, 0.05) is 68.3 Å². The molecule has 2 aliphatic heterocycles. The predicted octanol–water partition coefficient (Wildman–Crippen LogP) is 4.48. The summed E-state index contributed by atoms with van der Waals surface area (Å²) >= 11 is 9.95. The Morgan fingerprint density at radius 1 is 1.00 bits per heavy atom. The van der Waals surface area contributed by atoms with Gasteiger partial charge in [-0.3, -0.25) is 19.5 Å². The molecule has 1 aromatic carbocycles. The third-order valence-corrected chi connectivity index (χ3v) is 8.51. The Labute approximate surface area is 220 Å². The number of fused-ring (bicyclic) bond motifs is 2. The molecular weight excluding hydrogens is 528 g/mol. The minimum Gasteiger partial charge on any atom is -0.343 e. The van der Waals surface area contributed by atoms with Gasteiger partial charge in [0.15, 0.2) is 0 Å². The topological polar surface area (TPSA) is 56.8 Å². The molecule has 3 heterocycles. The monoisotopic (exact) mass is 558 g/mol.